The third-order valence-electron chi connectivity index (χ3n) is 5.10. The zero-order valence-electron chi connectivity index (χ0n) is 15.8. The second kappa shape index (κ2) is 8.09. The summed E-state index contributed by atoms with van der Waals surface area (Å²) < 4.78 is 5.70. The van der Waals surface area contributed by atoms with Crippen LogP contribution in [-0.4, -0.2) is 54.7 Å². The number of nitrogens with one attached hydrogen (secondary N) is 1. The number of anilines is 1. The molecule has 5 nitrogen and oxygen atoms in total. The van der Waals surface area contributed by atoms with Gasteiger partial charge in [-0.25, -0.2) is 4.79 Å². The fraction of sp³-hybridized carbons (Fsp3) is 0.650. The molecule has 0 bridgehead atoms. The van der Waals surface area contributed by atoms with Crippen LogP contribution in [0.25, 0.3) is 0 Å². The minimum atomic E-state index is 0.0181. The number of hydrogen-bond donors (Lipinski definition) is 1. The van der Waals surface area contributed by atoms with Crippen LogP contribution in [0.4, 0.5) is 10.5 Å². The van der Waals surface area contributed by atoms with Gasteiger partial charge in [-0.1, -0.05) is 0 Å². The van der Waals surface area contributed by atoms with Gasteiger partial charge in [-0.3, -0.25) is 0 Å². The van der Waals surface area contributed by atoms with Crippen LogP contribution in [0.2, 0.25) is 0 Å². The van der Waals surface area contributed by atoms with Gasteiger partial charge in [0.15, 0.2) is 0 Å². The van der Waals surface area contributed by atoms with Gasteiger partial charge >= 0.3 is 6.03 Å². The monoisotopic (exact) mass is 345 g/mol. The fourth-order valence-corrected chi connectivity index (χ4v) is 3.81. The number of aryl methyl sites for hydroxylation is 1. The quantitative estimate of drug-likeness (QED) is 0.884. The Morgan fingerprint density at radius 2 is 2.04 bits per heavy atom. The van der Waals surface area contributed by atoms with E-state index in [1.54, 1.807) is 0 Å². The summed E-state index contributed by atoms with van der Waals surface area (Å²) >= 11 is 0. The smallest absolute Gasteiger partial charge is 0.321 e. The topological polar surface area (TPSA) is 44.8 Å². The highest BCUT2D eigenvalue weighted by Gasteiger charge is 2.28. The maximum atomic E-state index is 12.6. The molecule has 0 aliphatic carbocycles. The Morgan fingerprint density at radius 3 is 2.72 bits per heavy atom. The van der Waals surface area contributed by atoms with E-state index in [0.717, 1.165) is 43.1 Å². The van der Waals surface area contributed by atoms with E-state index in [1.165, 1.54) is 25.9 Å². The molecule has 25 heavy (non-hydrogen) atoms. The van der Waals surface area contributed by atoms with Crippen LogP contribution in [0.5, 0.6) is 5.75 Å². The van der Waals surface area contributed by atoms with Crippen LogP contribution in [0.1, 0.15) is 38.7 Å². The highest BCUT2D eigenvalue weighted by molar-refractivity contribution is 5.90. The van der Waals surface area contributed by atoms with Gasteiger partial charge in [0.25, 0.3) is 0 Å². The van der Waals surface area contributed by atoms with Crippen molar-refractivity contribution >= 4 is 11.7 Å². The summed E-state index contributed by atoms with van der Waals surface area (Å²) in [7, 11) is 0. The molecule has 0 spiro atoms. The van der Waals surface area contributed by atoms with Crippen molar-refractivity contribution in [1.29, 1.82) is 0 Å². The Balaban J connectivity index is 1.52. The number of ether oxygens (including phenoxy) is 1. The van der Waals surface area contributed by atoms with Crippen LogP contribution in [0.3, 0.4) is 0 Å². The molecule has 1 aromatic rings. The summed E-state index contributed by atoms with van der Waals surface area (Å²) in [6.45, 7) is 11.4. The van der Waals surface area contributed by atoms with Crippen LogP contribution in [0.15, 0.2) is 18.2 Å². The van der Waals surface area contributed by atoms with Crippen molar-refractivity contribution in [2.45, 2.75) is 46.1 Å². The molecular weight excluding hydrogens is 314 g/mol. The number of amides is 2. The van der Waals surface area contributed by atoms with Crippen molar-refractivity contribution < 1.29 is 9.53 Å². The van der Waals surface area contributed by atoms with Gasteiger partial charge in [-0.15, -0.1) is 0 Å². The van der Waals surface area contributed by atoms with Gasteiger partial charge in [0, 0.05) is 25.3 Å². The van der Waals surface area contributed by atoms with E-state index in [0.29, 0.717) is 5.92 Å². The first-order valence-corrected chi connectivity index (χ1v) is 9.57. The van der Waals surface area contributed by atoms with E-state index in [9.17, 15) is 4.79 Å². The zero-order chi connectivity index (χ0) is 17.8. The molecular formula is C20H31N3O2. The lowest BCUT2D eigenvalue weighted by Crippen LogP contribution is -2.35. The highest BCUT2D eigenvalue weighted by Crippen LogP contribution is 2.24. The third-order valence-corrected chi connectivity index (χ3v) is 5.10. The number of hydrogen-bond acceptors (Lipinski definition) is 3. The number of carbonyl (C=O) groups excluding carboxylic acids is 1. The number of rotatable bonds is 5. The molecule has 1 atom stereocenters. The molecule has 0 unspecified atom stereocenters. The van der Waals surface area contributed by atoms with Gasteiger partial charge < -0.3 is 19.9 Å². The summed E-state index contributed by atoms with van der Waals surface area (Å²) in [6.07, 6.45) is 3.92. The molecule has 2 aliphatic heterocycles. The van der Waals surface area contributed by atoms with Crippen molar-refractivity contribution in [2.75, 3.05) is 38.0 Å². The molecule has 2 heterocycles. The van der Waals surface area contributed by atoms with E-state index >= 15 is 0 Å². The molecule has 5 heteroatoms. The van der Waals surface area contributed by atoms with Gasteiger partial charge in [-0.05, 0) is 82.8 Å². The Hall–Kier alpha value is -1.75. The molecule has 138 valence electrons. The zero-order valence-corrected chi connectivity index (χ0v) is 15.8. The summed E-state index contributed by atoms with van der Waals surface area (Å²) in [5, 5.41) is 3.06. The molecule has 2 fully saturated rings. The van der Waals surface area contributed by atoms with Crippen molar-refractivity contribution in [3.63, 3.8) is 0 Å². The third kappa shape index (κ3) is 4.88. The Kier molecular flexibility index (Phi) is 5.84. The predicted octanol–water partition coefficient (Wildman–Crippen LogP) is 3.73. The van der Waals surface area contributed by atoms with Gasteiger partial charge in [0.05, 0.1) is 6.10 Å². The first-order chi connectivity index (χ1) is 12.0. The maximum absolute atomic E-state index is 12.6. The summed E-state index contributed by atoms with van der Waals surface area (Å²) in [6, 6.07) is 5.85. The summed E-state index contributed by atoms with van der Waals surface area (Å²) in [4.78, 5) is 17.1. The lowest BCUT2D eigenvalue weighted by Gasteiger charge is -2.21. The van der Waals surface area contributed by atoms with Crippen molar-refractivity contribution in [1.82, 2.24) is 9.80 Å². The van der Waals surface area contributed by atoms with Gasteiger partial charge in [-0.2, -0.15) is 0 Å². The van der Waals surface area contributed by atoms with Crippen molar-refractivity contribution in [3.05, 3.63) is 23.8 Å². The molecule has 1 aromatic carbocycles. The van der Waals surface area contributed by atoms with Crippen LogP contribution in [-0.2, 0) is 0 Å². The second-order valence-corrected chi connectivity index (χ2v) is 7.68. The van der Waals surface area contributed by atoms with E-state index in [-0.39, 0.29) is 12.1 Å². The van der Waals surface area contributed by atoms with E-state index in [1.807, 2.05) is 43.9 Å². The average molecular weight is 345 g/mol. The number of carbonyl (C=O) groups is 1. The van der Waals surface area contributed by atoms with E-state index in [2.05, 4.69) is 10.2 Å². The minimum absolute atomic E-state index is 0.0181. The van der Waals surface area contributed by atoms with E-state index in [4.69, 9.17) is 4.74 Å². The molecule has 2 saturated heterocycles. The van der Waals surface area contributed by atoms with Gasteiger partial charge in [0.1, 0.15) is 5.75 Å². The molecule has 0 radical (unpaired) electrons. The highest BCUT2D eigenvalue weighted by atomic mass is 16.5. The molecule has 0 aromatic heterocycles. The van der Waals surface area contributed by atoms with Crippen LogP contribution in [0, 0.1) is 12.8 Å². The first kappa shape index (κ1) is 18.1. The maximum Gasteiger partial charge on any atom is 0.321 e. The largest absolute Gasteiger partial charge is 0.491 e. The molecule has 3 rings (SSSR count). The SMILES string of the molecule is Cc1cc(OC(C)C)ccc1NC(=O)N1CC[C@@H](CN2CCCC2)C1. The second-order valence-electron chi connectivity index (χ2n) is 7.68. The fourth-order valence-electron chi connectivity index (χ4n) is 3.81. The van der Waals surface area contributed by atoms with Crippen molar-refractivity contribution in [3.8, 4) is 5.75 Å². The van der Waals surface area contributed by atoms with Gasteiger partial charge in [0.2, 0.25) is 0 Å². The lowest BCUT2D eigenvalue weighted by atomic mass is 10.1. The van der Waals surface area contributed by atoms with Crippen LogP contribution < -0.4 is 10.1 Å². The number of benzene rings is 1. The van der Waals surface area contributed by atoms with Crippen molar-refractivity contribution in [2.24, 2.45) is 5.92 Å². The molecule has 2 aliphatic rings. The standard InChI is InChI=1S/C20H31N3O2/c1-15(2)25-18-6-7-19(16(3)12-18)21-20(24)23-11-8-17(14-23)13-22-9-4-5-10-22/h6-7,12,15,17H,4-5,8-11,13-14H2,1-3H3,(H,21,24)/t17-/m0/s1. The Labute approximate surface area is 151 Å². The molecule has 1 N–H and O–H groups in total. The van der Waals surface area contributed by atoms with Crippen LogP contribution >= 0.6 is 0 Å². The Morgan fingerprint density at radius 1 is 1.28 bits per heavy atom. The summed E-state index contributed by atoms with van der Waals surface area (Å²) in [5.74, 6) is 1.46. The number of nitrogens with zero attached hydrogens (tertiary/aromatic N) is 2. The first-order valence-electron chi connectivity index (χ1n) is 9.57. The normalized spacial score (nSPS) is 21.1. The summed E-state index contributed by atoms with van der Waals surface area (Å²) in [5.41, 5.74) is 1.89. The Bertz CT molecular complexity index is 597. The molecule has 2 amide bonds. The van der Waals surface area contributed by atoms with E-state index < -0.39 is 0 Å². The predicted molar refractivity (Wildman–Crippen MR) is 101 cm³/mol. The molecule has 0 saturated carbocycles. The lowest BCUT2D eigenvalue weighted by molar-refractivity contribution is 0.217. The number of urea groups is 1. The minimum Gasteiger partial charge on any atom is -0.491 e. The number of likely N-dealkylation sites (tertiary alicyclic amines) is 2. The average Bonchev–Trinajstić information content (AvgIpc) is 3.22.